The fourth-order valence-corrected chi connectivity index (χ4v) is 3.32. The Bertz CT molecular complexity index is 834. The minimum Gasteiger partial charge on any atom is -0.382 e. The molecule has 1 aromatic carbocycles. The first-order chi connectivity index (χ1) is 13.4. The molecule has 0 aliphatic carbocycles. The van der Waals surface area contributed by atoms with E-state index in [2.05, 4.69) is 10.5 Å². The lowest BCUT2D eigenvalue weighted by molar-refractivity contribution is -0.130. The van der Waals surface area contributed by atoms with E-state index in [0.717, 1.165) is 0 Å². The van der Waals surface area contributed by atoms with Crippen molar-refractivity contribution >= 4 is 11.8 Å². The third kappa shape index (κ3) is 4.39. The number of carbonyl (C=O) groups excluding carboxylic acids is 2. The van der Waals surface area contributed by atoms with Crippen LogP contribution in [0.2, 0.25) is 0 Å². The highest BCUT2D eigenvalue weighted by Gasteiger charge is 2.38. The number of methoxy groups -OCH3 is 1. The number of aromatic nitrogens is 1. The van der Waals surface area contributed by atoms with Crippen LogP contribution in [0, 0.1) is 11.7 Å². The SMILES string of the molecule is COC[C@H]1CN(C(=O)c2cc(-c3ccc(F)cc3)on2)[C@@H](CC(C)C)C(=O)N1. The van der Waals surface area contributed by atoms with Crippen LogP contribution in [-0.4, -0.2) is 54.2 Å². The van der Waals surface area contributed by atoms with Gasteiger partial charge in [-0.15, -0.1) is 0 Å². The molecule has 3 rings (SSSR count). The van der Waals surface area contributed by atoms with Gasteiger partial charge in [-0.1, -0.05) is 19.0 Å². The van der Waals surface area contributed by atoms with Crippen molar-refractivity contribution in [1.29, 1.82) is 0 Å². The summed E-state index contributed by atoms with van der Waals surface area (Å²) in [5, 5.41) is 6.79. The molecule has 1 aromatic heterocycles. The zero-order chi connectivity index (χ0) is 20.3. The van der Waals surface area contributed by atoms with Gasteiger partial charge < -0.3 is 19.5 Å². The summed E-state index contributed by atoms with van der Waals surface area (Å²) >= 11 is 0. The van der Waals surface area contributed by atoms with Gasteiger partial charge in [0, 0.05) is 25.3 Å². The molecule has 0 unspecified atom stereocenters. The Hall–Kier alpha value is -2.74. The number of ether oxygens (including phenoxy) is 1. The van der Waals surface area contributed by atoms with Gasteiger partial charge in [0.1, 0.15) is 11.9 Å². The lowest BCUT2D eigenvalue weighted by Crippen LogP contribution is -2.63. The van der Waals surface area contributed by atoms with E-state index in [9.17, 15) is 14.0 Å². The van der Waals surface area contributed by atoms with Gasteiger partial charge in [0.05, 0.1) is 12.6 Å². The molecule has 2 heterocycles. The highest BCUT2D eigenvalue weighted by Crippen LogP contribution is 2.24. The first kappa shape index (κ1) is 20.0. The molecule has 2 aromatic rings. The van der Waals surface area contributed by atoms with E-state index < -0.39 is 6.04 Å². The van der Waals surface area contributed by atoms with Crippen LogP contribution in [0.1, 0.15) is 30.8 Å². The molecular weight excluding hydrogens is 365 g/mol. The van der Waals surface area contributed by atoms with Crippen LogP contribution in [0.25, 0.3) is 11.3 Å². The van der Waals surface area contributed by atoms with Gasteiger partial charge in [-0.05, 0) is 36.6 Å². The summed E-state index contributed by atoms with van der Waals surface area (Å²) in [7, 11) is 1.55. The fraction of sp³-hybridized carbons (Fsp3) is 0.450. The largest absolute Gasteiger partial charge is 0.382 e. The zero-order valence-electron chi connectivity index (χ0n) is 16.1. The number of hydrogen-bond donors (Lipinski definition) is 1. The Balaban J connectivity index is 1.84. The van der Waals surface area contributed by atoms with Gasteiger partial charge in [0.15, 0.2) is 11.5 Å². The number of piperazine rings is 1. The van der Waals surface area contributed by atoms with Crippen molar-refractivity contribution in [1.82, 2.24) is 15.4 Å². The molecular formula is C20H24FN3O4. The van der Waals surface area contributed by atoms with Gasteiger partial charge in [0.25, 0.3) is 5.91 Å². The van der Waals surface area contributed by atoms with E-state index >= 15 is 0 Å². The molecule has 2 amide bonds. The van der Waals surface area contributed by atoms with Crippen LogP contribution in [0.5, 0.6) is 0 Å². The molecule has 0 radical (unpaired) electrons. The Morgan fingerprint density at radius 2 is 2.11 bits per heavy atom. The minimum atomic E-state index is -0.577. The van der Waals surface area contributed by atoms with Crippen molar-refractivity contribution in [3.05, 3.63) is 41.8 Å². The summed E-state index contributed by atoms with van der Waals surface area (Å²) in [6.07, 6.45) is 0.542. The van der Waals surface area contributed by atoms with E-state index in [4.69, 9.17) is 9.26 Å². The molecule has 0 saturated carbocycles. The maximum atomic E-state index is 13.1. The maximum Gasteiger partial charge on any atom is 0.276 e. The summed E-state index contributed by atoms with van der Waals surface area (Å²) in [5.41, 5.74) is 0.722. The van der Waals surface area contributed by atoms with E-state index in [-0.39, 0.29) is 35.3 Å². The number of carbonyl (C=O) groups is 2. The second-order valence-corrected chi connectivity index (χ2v) is 7.35. The normalized spacial score (nSPS) is 19.8. The molecule has 8 heteroatoms. The van der Waals surface area contributed by atoms with E-state index in [1.54, 1.807) is 19.2 Å². The second-order valence-electron chi connectivity index (χ2n) is 7.35. The smallest absolute Gasteiger partial charge is 0.276 e. The molecule has 2 atom stereocenters. The van der Waals surface area contributed by atoms with Gasteiger partial charge >= 0.3 is 0 Å². The molecule has 1 fully saturated rings. The highest BCUT2D eigenvalue weighted by atomic mass is 19.1. The Morgan fingerprint density at radius 1 is 1.39 bits per heavy atom. The Morgan fingerprint density at radius 3 is 2.75 bits per heavy atom. The third-order valence-electron chi connectivity index (χ3n) is 4.62. The van der Waals surface area contributed by atoms with Crippen molar-refractivity contribution in [2.45, 2.75) is 32.4 Å². The lowest BCUT2D eigenvalue weighted by atomic mass is 9.98. The number of amides is 2. The molecule has 1 aliphatic rings. The number of hydrogen-bond acceptors (Lipinski definition) is 5. The van der Waals surface area contributed by atoms with Crippen LogP contribution >= 0.6 is 0 Å². The summed E-state index contributed by atoms with van der Waals surface area (Å²) in [6, 6.07) is 6.37. The quantitative estimate of drug-likeness (QED) is 0.821. The average Bonchev–Trinajstić information content (AvgIpc) is 3.14. The van der Waals surface area contributed by atoms with E-state index in [1.165, 1.54) is 23.1 Å². The topological polar surface area (TPSA) is 84.7 Å². The number of halogens is 1. The fourth-order valence-electron chi connectivity index (χ4n) is 3.32. The molecule has 0 bridgehead atoms. The Labute approximate surface area is 162 Å². The van der Waals surface area contributed by atoms with E-state index in [1.807, 2.05) is 13.8 Å². The number of nitrogens with one attached hydrogen (secondary N) is 1. The zero-order valence-corrected chi connectivity index (χ0v) is 16.1. The van der Waals surface area contributed by atoms with Crippen molar-refractivity contribution in [2.75, 3.05) is 20.3 Å². The third-order valence-corrected chi connectivity index (χ3v) is 4.62. The molecule has 1 N–H and O–H groups in total. The van der Waals surface area contributed by atoms with Crippen molar-refractivity contribution in [3.8, 4) is 11.3 Å². The van der Waals surface area contributed by atoms with Crippen molar-refractivity contribution in [2.24, 2.45) is 5.92 Å². The van der Waals surface area contributed by atoms with Gasteiger partial charge in [-0.3, -0.25) is 9.59 Å². The first-order valence-corrected chi connectivity index (χ1v) is 9.22. The number of rotatable bonds is 6. The predicted molar refractivity (Wildman–Crippen MR) is 100.0 cm³/mol. The predicted octanol–water partition coefficient (Wildman–Crippen LogP) is 2.48. The molecule has 1 aliphatic heterocycles. The minimum absolute atomic E-state index is 0.110. The van der Waals surface area contributed by atoms with Crippen LogP contribution in [0.15, 0.2) is 34.9 Å². The maximum absolute atomic E-state index is 13.1. The van der Waals surface area contributed by atoms with Crippen LogP contribution in [-0.2, 0) is 9.53 Å². The summed E-state index contributed by atoms with van der Waals surface area (Å²) in [5.74, 6) is -0.341. The lowest BCUT2D eigenvalue weighted by Gasteiger charge is -2.39. The summed E-state index contributed by atoms with van der Waals surface area (Å²) < 4.78 is 23.5. The Kier molecular flexibility index (Phi) is 6.08. The molecule has 1 saturated heterocycles. The standard InChI is InChI=1S/C20H24FN3O4/c1-12(2)8-17-19(25)22-15(11-27-3)10-24(17)20(26)16-9-18(28-23-16)13-4-6-14(21)7-5-13/h4-7,9,12,15,17H,8,10-11H2,1-3H3,(H,22,25)/t15-,17+/m1/s1. The molecule has 150 valence electrons. The van der Waals surface area contributed by atoms with E-state index in [0.29, 0.717) is 30.9 Å². The monoisotopic (exact) mass is 389 g/mol. The molecule has 7 nitrogen and oxygen atoms in total. The van der Waals surface area contributed by atoms with Crippen molar-refractivity contribution in [3.63, 3.8) is 0 Å². The average molecular weight is 389 g/mol. The van der Waals surface area contributed by atoms with Crippen LogP contribution < -0.4 is 5.32 Å². The first-order valence-electron chi connectivity index (χ1n) is 9.22. The van der Waals surface area contributed by atoms with Crippen molar-refractivity contribution < 1.29 is 23.2 Å². The summed E-state index contributed by atoms with van der Waals surface area (Å²) in [6.45, 7) is 4.64. The molecule has 0 spiro atoms. The second kappa shape index (κ2) is 8.52. The number of benzene rings is 1. The van der Waals surface area contributed by atoms with Gasteiger partial charge in [-0.2, -0.15) is 0 Å². The van der Waals surface area contributed by atoms with Crippen LogP contribution in [0.3, 0.4) is 0 Å². The summed E-state index contributed by atoms with van der Waals surface area (Å²) in [4.78, 5) is 27.2. The van der Waals surface area contributed by atoms with Gasteiger partial charge in [0.2, 0.25) is 5.91 Å². The van der Waals surface area contributed by atoms with Crippen LogP contribution in [0.4, 0.5) is 4.39 Å². The van der Waals surface area contributed by atoms with Gasteiger partial charge in [-0.25, -0.2) is 4.39 Å². The number of nitrogens with zero attached hydrogens (tertiary/aromatic N) is 2. The molecule has 28 heavy (non-hydrogen) atoms. The highest BCUT2D eigenvalue weighted by molar-refractivity contribution is 5.97.